The Balaban J connectivity index is 3.68. The van der Waals surface area contributed by atoms with Gasteiger partial charge in [-0.15, -0.1) is 0 Å². The number of methoxy groups -OCH3 is 1. The number of hydrogen-bond acceptors (Lipinski definition) is 6. The smallest absolute Gasteiger partial charge is 0.322 e. The zero-order valence-corrected chi connectivity index (χ0v) is 11.0. The molecule has 0 amide bonds. The van der Waals surface area contributed by atoms with Crippen LogP contribution in [0.1, 0.15) is 6.92 Å². The molecule has 0 atom stereocenters. The number of esters is 1. The molecule has 0 heterocycles. The van der Waals surface area contributed by atoms with E-state index < -0.39 is 21.7 Å². The Kier molecular flexibility index (Phi) is 8.96. The quantitative estimate of drug-likeness (QED) is 0.378. The van der Waals surface area contributed by atoms with E-state index in [2.05, 4.69) is 14.8 Å². The molecule has 0 saturated carbocycles. The van der Waals surface area contributed by atoms with E-state index in [0.29, 0.717) is 19.7 Å². The van der Waals surface area contributed by atoms with Gasteiger partial charge in [-0.2, -0.15) is 0 Å². The standard InChI is InChI=1S/C9H20N2O5S/c1-3-16-9(12)8-17(13,14)11-5-4-10-6-7-15-2/h10-11H,3-8H2,1-2H3. The van der Waals surface area contributed by atoms with Crippen LogP contribution in [0.4, 0.5) is 0 Å². The molecule has 0 aliphatic heterocycles. The number of nitrogens with one attached hydrogen (secondary N) is 2. The second-order valence-electron chi connectivity index (χ2n) is 3.20. The van der Waals surface area contributed by atoms with Crippen LogP contribution < -0.4 is 10.0 Å². The van der Waals surface area contributed by atoms with Gasteiger partial charge in [0.25, 0.3) is 0 Å². The van der Waals surface area contributed by atoms with Crippen LogP contribution in [0.15, 0.2) is 0 Å². The summed E-state index contributed by atoms with van der Waals surface area (Å²) < 4.78 is 34.3. The molecule has 0 aliphatic rings. The zero-order chi connectivity index (χ0) is 13.1. The van der Waals surface area contributed by atoms with Crippen molar-refractivity contribution < 1.29 is 22.7 Å². The Morgan fingerprint density at radius 2 is 1.94 bits per heavy atom. The summed E-state index contributed by atoms with van der Waals surface area (Å²) in [7, 11) is -2.00. The molecule has 0 aliphatic carbocycles. The molecule has 0 rings (SSSR count). The molecule has 0 aromatic rings. The van der Waals surface area contributed by atoms with Crippen molar-refractivity contribution in [2.24, 2.45) is 0 Å². The second-order valence-corrected chi connectivity index (χ2v) is 5.01. The Bertz CT molecular complexity index is 305. The molecule has 0 radical (unpaired) electrons. The predicted octanol–water partition coefficient (Wildman–Crippen LogP) is -1.30. The number of hydrogen-bond donors (Lipinski definition) is 2. The topological polar surface area (TPSA) is 93.7 Å². The van der Waals surface area contributed by atoms with Gasteiger partial charge in [-0.25, -0.2) is 13.1 Å². The maximum absolute atomic E-state index is 11.3. The fraction of sp³-hybridized carbons (Fsp3) is 0.889. The van der Waals surface area contributed by atoms with E-state index in [1.54, 1.807) is 14.0 Å². The van der Waals surface area contributed by atoms with Crippen LogP contribution in [0.2, 0.25) is 0 Å². The Labute approximate surface area is 102 Å². The van der Waals surface area contributed by atoms with E-state index in [9.17, 15) is 13.2 Å². The molecule has 0 bridgehead atoms. The third-order valence-electron chi connectivity index (χ3n) is 1.72. The lowest BCUT2D eigenvalue weighted by Gasteiger charge is -2.07. The number of ether oxygens (including phenoxy) is 2. The Morgan fingerprint density at radius 3 is 2.53 bits per heavy atom. The van der Waals surface area contributed by atoms with Crippen molar-refractivity contribution in [2.45, 2.75) is 6.92 Å². The molecule has 0 spiro atoms. The summed E-state index contributed by atoms with van der Waals surface area (Å²) >= 11 is 0. The largest absolute Gasteiger partial charge is 0.465 e. The second kappa shape index (κ2) is 9.34. The first-order chi connectivity index (χ1) is 8.02. The van der Waals surface area contributed by atoms with Crippen LogP contribution >= 0.6 is 0 Å². The van der Waals surface area contributed by atoms with Crippen LogP contribution in [0.3, 0.4) is 0 Å². The molecule has 17 heavy (non-hydrogen) atoms. The Morgan fingerprint density at radius 1 is 1.24 bits per heavy atom. The van der Waals surface area contributed by atoms with Gasteiger partial charge in [-0.3, -0.25) is 4.79 Å². The van der Waals surface area contributed by atoms with Gasteiger partial charge in [0.05, 0.1) is 13.2 Å². The first-order valence-corrected chi connectivity index (χ1v) is 6.99. The molecule has 0 aromatic heterocycles. The van der Waals surface area contributed by atoms with Crippen molar-refractivity contribution in [2.75, 3.05) is 45.7 Å². The van der Waals surface area contributed by atoms with Crippen LogP contribution in [0.25, 0.3) is 0 Å². The number of carbonyl (C=O) groups is 1. The van der Waals surface area contributed by atoms with Gasteiger partial charge in [0, 0.05) is 26.7 Å². The van der Waals surface area contributed by atoms with E-state index in [1.165, 1.54) is 0 Å². The maximum atomic E-state index is 11.3. The fourth-order valence-electron chi connectivity index (χ4n) is 1.00. The van der Waals surface area contributed by atoms with Crippen LogP contribution in [0.5, 0.6) is 0 Å². The predicted molar refractivity (Wildman–Crippen MR) is 63.2 cm³/mol. The van der Waals surface area contributed by atoms with E-state index >= 15 is 0 Å². The summed E-state index contributed by atoms with van der Waals surface area (Å²) in [6.45, 7) is 3.72. The highest BCUT2D eigenvalue weighted by Crippen LogP contribution is 1.87. The van der Waals surface area contributed by atoms with Crippen molar-refractivity contribution in [1.29, 1.82) is 0 Å². The minimum atomic E-state index is -3.59. The van der Waals surface area contributed by atoms with Gasteiger partial charge in [-0.05, 0) is 6.92 Å². The SMILES string of the molecule is CCOC(=O)CS(=O)(=O)NCCNCCOC. The monoisotopic (exact) mass is 268 g/mol. The van der Waals surface area contributed by atoms with Crippen LogP contribution in [-0.4, -0.2) is 60.1 Å². The molecular weight excluding hydrogens is 248 g/mol. The third-order valence-corrected chi connectivity index (χ3v) is 2.98. The van der Waals surface area contributed by atoms with Crippen molar-refractivity contribution in [1.82, 2.24) is 10.0 Å². The van der Waals surface area contributed by atoms with Gasteiger partial charge in [-0.1, -0.05) is 0 Å². The van der Waals surface area contributed by atoms with Gasteiger partial charge in [0.2, 0.25) is 10.0 Å². The van der Waals surface area contributed by atoms with Crippen molar-refractivity contribution in [3.8, 4) is 0 Å². The molecule has 0 unspecified atom stereocenters. The number of rotatable bonds is 10. The average molecular weight is 268 g/mol. The normalized spacial score (nSPS) is 11.4. The Hall–Kier alpha value is -0.700. The number of sulfonamides is 1. The van der Waals surface area contributed by atoms with Gasteiger partial charge in [0.15, 0.2) is 5.75 Å². The third kappa shape index (κ3) is 10.2. The molecule has 8 heteroatoms. The fourth-order valence-corrected chi connectivity index (χ4v) is 1.91. The van der Waals surface area contributed by atoms with Crippen molar-refractivity contribution >= 4 is 16.0 Å². The summed E-state index contributed by atoms with van der Waals surface area (Å²) in [6, 6.07) is 0. The average Bonchev–Trinajstić information content (AvgIpc) is 2.22. The highest BCUT2D eigenvalue weighted by Gasteiger charge is 2.16. The molecule has 102 valence electrons. The van der Waals surface area contributed by atoms with E-state index in [-0.39, 0.29) is 13.2 Å². The minimum absolute atomic E-state index is 0.174. The van der Waals surface area contributed by atoms with Gasteiger partial charge < -0.3 is 14.8 Å². The first-order valence-electron chi connectivity index (χ1n) is 5.34. The highest BCUT2D eigenvalue weighted by atomic mass is 32.2. The maximum Gasteiger partial charge on any atom is 0.322 e. The highest BCUT2D eigenvalue weighted by molar-refractivity contribution is 7.90. The summed E-state index contributed by atoms with van der Waals surface area (Å²) in [5.74, 6) is -1.38. The van der Waals surface area contributed by atoms with E-state index in [1.807, 2.05) is 0 Å². The van der Waals surface area contributed by atoms with Gasteiger partial charge in [0.1, 0.15) is 0 Å². The van der Waals surface area contributed by atoms with Crippen molar-refractivity contribution in [3.63, 3.8) is 0 Å². The molecule has 0 saturated heterocycles. The summed E-state index contributed by atoms with van der Waals surface area (Å²) in [6.07, 6.45) is 0. The lowest BCUT2D eigenvalue weighted by molar-refractivity contribution is -0.139. The van der Waals surface area contributed by atoms with Crippen LogP contribution in [0, 0.1) is 0 Å². The zero-order valence-electron chi connectivity index (χ0n) is 10.2. The molecule has 2 N–H and O–H groups in total. The molecule has 0 aromatic carbocycles. The lowest BCUT2D eigenvalue weighted by Crippen LogP contribution is -2.36. The lowest BCUT2D eigenvalue weighted by atomic mass is 10.6. The molecule has 7 nitrogen and oxygen atoms in total. The summed E-state index contributed by atoms with van der Waals surface area (Å²) in [5.41, 5.74) is 0. The first kappa shape index (κ1) is 16.3. The van der Waals surface area contributed by atoms with Gasteiger partial charge >= 0.3 is 5.97 Å². The molecule has 0 fully saturated rings. The van der Waals surface area contributed by atoms with Crippen molar-refractivity contribution in [3.05, 3.63) is 0 Å². The van der Waals surface area contributed by atoms with Crippen LogP contribution in [-0.2, 0) is 24.3 Å². The minimum Gasteiger partial charge on any atom is -0.465 e. The van der Waals surface area contributed by atoms with E-state index in [4.69, 9.17) is 4.74 Å². The van der Waals surface area contributed by atoms with E-state index in [0.717, 1.165) is 0 Å². The summed E-state index contributed by atoms with van der Waals surface area (Å²) in [5, 5.41) is 2.97. The molecular formula is C9H20N2O5S. The number of carbonyl (C=O) groups excluding carboxylic acids is 1. The summed E-state index contributed by atoms with van der Waals surface area (Å²) in [4.78, 5) is 11.0.